The molecular weight excluding hydrogens is 350 g/mol. The normalized spacial score (nSPS) is 11.0. The van der Waals surface area contributed by atoms with Gasteiger partial charge in [0.2, 0.25) is 0 Å². The number of methoxy groups -OCH3 is 1. The van der Waals surface area contributed by atoms with E-state index in [-0.39, 0.29) is 0 Å². The van der Waals surface area contributed by atoms with Crippen molar-refractivity contribution in [2.24, 2.45) is 0 Å². The average Bonchev–Trinajstić information content (AvgIpc) is 3.24. The lowest BCUT2D eigenvalue weighted by Crippen LogP contribution is -1.98. The predicted octanol–water partition coefficient (Wildman–Crippen LogP) is 5.79. The Morgan fingerprint density at radius 1 is 1.08 bits per heavy atom. The van der Waals surface area contributed by atoms with E-state index in [0.717, 1.165) is 38.2 Å². The Morgan fingerprint density at radius 3 is 2.72 bits per heavy atom. The summed E-state index contributed by atoms with van der Waals surface area (Å²) in [7, 11) is 1.67. The van der Waals surface area contributed by atoms with Crippen LogP contribution in [0.1, 0.15) is 10.4 Å². The lowest BCUT2D eigenvalue weighted by molar-refractivity contribution is 0.415. The Morgan fingerprint density at radius 2 is 1.96 bits per heavy atom. The lowest BCUT2D eigenvalue weighted by atomic mass is 10.2. The van der Waals surface area contributed by atoms with Gasteiger partial charge in [0.05, 0.1) is 17.4 Å². The third-order valence-electron chi connectivity index (χ3n) is 4.10. The standard InChI is InChI=1S/C19H17N3OS2/c1-11-12(2)25-19-16(11)18(20-13-6-4-7-14(10-13)23-3)21-17(22-19)15-8-5-9-24-15/h4-10H,1-3H3,(H,20,21,22). The van der Waals surface area contributed by atoms with E-state index in [2.05, 4.69) is 25.2 Å². The number of aromatic nitrogens is 2. The fourth-order valence-corrected chi connectivity index (χ4v) is 4.38. The maximum absolute atomic E-state index is 5.32. The number of benzene rings is 1. The van der Waals surface area contributed by atoms with Gasteiger partial charge in [-0.1, -0.05) is 12.1 Å². The number of nitrogens with zero attached hydrogens (tertiary/aromatic N) is 2. The summed E-state index contributed by atoms with van der Waals surface area (Å²) in [4.78, 5) is 13.0. The Kier molecular flexibility index (Phi) is 4.15. The first-order chi connectivity index (χ1) is 12.2. The van der Waals surface area contributed by atoms with Crippen molar-refractivity contribution in [2.45, 2.75) is 13.8 Å². The van der Waals surface area contributed by atoms with E-state index in [1.165, 1.54) is 10.4 Å². The van der Waals surface area contributed by atoms with Crippen molar-refractivity contribution < 1.29 is 4.74 Å². The highest BCUT2D eigenvalue weighted by molar-refractivity contribution is 7.19. The van der Waals surface area contributed by atoms with Crippen LogP contribution in [0.2, 0.25) is 0 Å². The van der Waals surface area contributed by atoms with Gasteiger partial charge in [-0.3, -0.25) is 0 Å². The molecule has 0 spiro atoms. The van der Waals surface area contributed by atoms with Crippen LogP contribution >= 0.6 is 22.7 Å². The second-order valence-corrected chi connectivity index (χ2v) is 7.84. The van der Waals surface area contributed by atoms with Crippen LogP contribution in [0.3, 0.4) is 0 Å². The van der Waals surface area contributed by atoms with Crippen LogP contribution in [-0.4, -0.2) is 17.1 Å². The van der Waals surface area contributed by atoms with Crippen LogP contribution < -0.4 is 10.1 Å². The molecule has 6 heteroatoms. The van der Waals surface area contributed by atoms with Gasteiger partial charge in [0, 0.05) is 16.6 Å². The molecule has 0 aliphatic carbocycles. The fraction of sp³-hybridized carbons (Fsp3) is 0.158. The molecule has 0 saturated heterocycles. The van der Waals surface area contributed by atoms with E-state index in [9.17, 15) is 0 Å². The molecule has 3 aromatic heterocycles. The zero-order chi connectivity index (χ0) is 17.4. The molecule has 3 heterocycles. The van der Waals surface area contributed by atoms with Gasteiger partial charge in [-0.15, -0.1) is 22.7 Å². The van der Waals surface area contributed by atoms with Gasteiger partial charge in [0.25, 0.3) is 0 Å². The highest BCUT2D eigenvalue weighted by Crippen LogP contribution is 2.37. The maximum Gasteiger partial charge on any atom is 0.173 e. The van der Waals surface area contributed by atoms with Crippen LogP contribution in [0.25, 0.3) is 20.9 Å². The molecule has 0 amide bonds. The van der Waals surface area contributed by atoms with Crippen LogP contribution in [0.5, 0.6) is 5.75 Å². The van der Waals surface area contributed by atoms with Crippen molar-refractivity contribution in [3.05, 3.63) is 52.2 Å². The van der Waals surface area contributed by atoms with Gasteiger partial charge in [-0.2, -0.15) is 0 Å². The van der Waals surface area contributed by atoms with E-state index in [0.29, 0.717) is 0 Å². The van der Waals surface area contributed by atoms with Crippen molar-refractivity contribution >= 4 is 44.4 Å². The quantitative estimate of drug-likeness (QED) is 0.496. The first-order valence-electron chi connectivity index (χ1n) is 7.88. The van der Waals surface area contributed by atoms with E-state index >= 15 is 0 Å². The van der Waals surface area contributed by atoms with Crippen molar-refractivity contribution in [1.82, 2.24) is 9.97 Å². The van der Waals surface area contributed by atoms with Gasteiger partial charge in [0.1, 0.15) is 16.4 Å². The number of nitrogens with one attached hydrogen (secondary N) is 1. The highest BCUT2D eigenvalue weighted by Gasteiger charge is 2.16. The van der Waals surface area contributed by atoms with E-state index < -0.39 is 0 Å². The van der Waals surface area contributed by atoms with Crippen LogP contribution in [0.4, 0.5) is 11.5 Å². The van der Waals surface area contributed by atoms with Gasteiger partial charge in [-0.05, 0) is 43.0 Å². The summed E-state index contributed by atoms with van der Waals surface area (Å²) in [6, 6.07) is 11.9. The topological polar surface area (TPSA) is 47.0 Å². The number of aryl methyl sites for hydroxylation is 2. The number of ether oxygens (including phenoxy) is 1. The van der Waals surface area contributed by atoms with Crippen LogP contribution in [0.15, 0.2) is 41.8 Å². The number of rotatable bonds is 4. The Bertz CT molecular complexity index is 1040. The molecule has 0 radical (unpaired) electrons. The number of hydrogen-bond acceptors (Lipinski definition) is 6. The smallest absolute Gasteiger partial charge is 0.173 e. The van der Waals surface area contributed by atoms with Crippen molar-refractivity contribution in [3.8, 4) is 16.5 Å². The first-order valence-corrected chi connectivity index (χ1v) is 9.58. The summed E-state index contributed by atoms with van der Waals surface area (Å²) in [5, 5.41) is 6.59. The summed E-state index contributed by atoms with van der Waals surface area (Å²) in [6.45, 7) is 4.25. The molecule has 1 aromatic carbocycles. The molecule has 0 atom stereocenters. The minimum atomic E-state index is 0.758. The zero-order valence-corrected chi connectivity index (χ0v) is 15.8. The predicted molar refractivity (Wildman–Crippen MR) is 106 cm³/mol. The van der Waals surface area contributed by atoms with Crippen LogP contribution in [-0.2, 0) is 0 Å². The monoisotopic (exact) mass is 367 g/mol. The van der Waals surface area contributed by atoms with Gasteiger partial charge < -0.3 is 10.1 Å². The molecule has 0 fully saturated rings. The second-order valence-electron chi connectivity index (χ2n) is 5.69. The molecule has 1 N–H and O–H groups in total. The number of anilines is 2. The maximum atomic E-state index is 5.32. The molecule has 0 saturated carbocycles. The summed E-state index contributed by atoms with van der Waals surface area (Å²) >= 11 is 3.36. The van der Waals surface area contributed by atoms with Gasteiger partial charge >= 0.3 is 0 Å². The zero-order valence-electron chi connectivity index (χ0n) is 14.2. The average molecular weight is 367 g/mol. The summed E-state index contributed by atoms with van der Waals surface area (Å²) in [5.74, 6) is 2.41. The molecule has 4 aromatic rings. The van der Waals surface area contributed by atoms with E-state index in [1.54, 1.807) is 29.8 Å². The Hall–Kier alpha value is -2.44. The van der Waals surface area contributed by atoms with Crippen LogP contribution in [0, 0.1) is 13.8 Å². The van der Waals surface area contributed by atoms with Crippen molar-refractivity contribution in [1.29, 1.82) is 0 Å². The first kappa shape index (κ1) is 16.1. The second kappa shape index (κ2) is 6.46. The van der Waals surface area contributed by atoms with E-state index in [1.807, 2.05) is 35.7 Å². The minimum absolute atomic E-state index is 0.758. The molecule has 0 aliphatic rings. The summed E-state index contributed by atoms with van der Waals surface area (Å²) in [5.41, 5.74) is 2.17. The molecular formula is C19H17N3OS2. The SMILES string of the molecule is COc1cccc(Nc2nc(-c3cccs3)nc3sc(C)c(C)c23)c1. The molecule has 4 nitrogen and oxygen atoms in total. The number of hydrogen-bond donors (Lipinski definition) is 1. The largest absolute Gasteiger partial charge is 0.497 e. The molecule has 25 heavy (non-hydrogen) atoms. The van der Waals surface area contributed by atoms with Gasteiger partial charge in [0.15, 0.2) is 5.82 Å². The molecule has 0 aliphatic heterocycles. The fourth-order valence-electron chi connectivity index (χ4n) is 2.69. The molecule has 126 valence electrons. The van der Waals surface area contributed by atoms with Gasteiger partial charge in [-0.25, -0.2) is 9.97 Å². The van der Waals surface area contributed by atoms with Crippen molar-refractivity contribution in [2.75, 3.05) is 12.4 Å². The van der Waals surface area contributed by atoms with E-state index in [4.69, 9.17) is 14.7 Å². The third-order valence-corrected chi connectivity index (χ3v) is 6.07. The summed E-state index contributed by atoms with van der Waals surface area (Å²) < 4.78 is 5.32. The Labute approximate surface area is 154 Å². The highest BCUT2D eigenvalue weighted by atomic mass is 32.1. The third kappa shape index (κ3) is 2.99. The molecule has 4 rings (SSSR count). The minimum Gasteiger partial charge on any atom is -0.497 e. The molecule has 0 unspecified atom stereocenters. The number of fused-ring (bicyclic) bond motifs is 1. The van der Waals surface area contributed by atoms with Crippen molar-refractivity contribution in [3.63, 3.8) is 0 Å². The number of thiophene rings is 2. The lowest BCUT2D eigenvalue weighted by Gasteiger charge is -2.10. The molecule has 0 bridgehead atoms. The Balaban J connectivity index is 1.88. The summed E-state index contributed by atoms with van der Waals surface area (Å²) in [6.07, 6.45) is 0.